The smallest absolute Gasteiger partial charge is 0.270 e. The third-order valence-electron chi connectivity index (χ3n) is 5.62. The van der Waals surface area contributed by atoms with Gasteiger partial charge in [-0.1, -0.05) is 61.2 Å². The lowest BCUT2D eigenvalue weighted by atomic mass is 10.1. The molecule has 190 valence electrons. The predicted octanol–water partition coefficient (Wildman–Crippen LogP) is 6.38. The molecule has 0 unspecified atom stereocenters. The number of nitrogens with one attached hydrogen (secondary N) is 1. The first-order chi connectivity index (χ1) is 17.9. The molecule has 1 aliphatic rings. The van der Waals surface area contributed by atoms with Gasteiger partial charge in [-0.05, 0) is 79.4 Å². The van der Waals surface area contributed by atoms with Crippen LogP contribution in [-0.2, 0) is 16.0 Å². The lowest BCUT2D eigenvalue weighted by Crippen LogP contribution is -2.27. The van der Waals surface area contributed by atoms with Gasteiger partial charge in [-0.3, -0.25) is 14.5 Å². The van der Waals surface area contributed by atoms with Crippen molar-refractivity contribution in [3.63, 3.8) is 0 Å². The fourth-order valence-electron chi connectivity index (χ4n) is 3.79. The largest absolute Gasteiger partial charge is 0.490 e. The van der Waals surface area contributed by atoms with Crippen LogP contribution < -0.4 is 19.7 Å². The first-order valence-electron chi connectivity index (χ1n) is 12.0. The van der Waals surface area contributed by atoms with E-state index in [2.05, 4.69) is 12.2 Å². The Morgan fingerprint density at radius 2 is 1.81 bits per heavy atom. The topological polar surface area (TPSA) is 67.9 Å². The molecule has 1 heterocycles. The summed E-state index contributed by atoms with van der Waals surface area (Å²) in [6.45, 7) is 6.18. The van der Waals surface area contributed by atoms with E-state index >= 15 is 0 Å². The molecule has 0 radical (unpaired) electrons. The number of rotatable bonds is 9. The summed E-state index contributed by atoms with van der Waals surface area (Å²) in [5, 5.41) is 2.83. The van der Waals surface area contributed by atoms with E-state index in [0.717, 1.165) is 23.2 Å². The minimum atomic E-state index is -0.271. The van der Waals surface area contributed by atoms with E-state index in [4.69, 9.17) is 21.7 Å². The summed E-state index contributed by atoms with van der Waals surface area (Å²) in [5.41, 5.74) is 4.49. The molecule has 0 aliphatic carbocycles. The molecule has 8 heteroatoms. The average molecular weight is 533 g/mol. The molecular weight excluding hydrogens is 504 g/mol. The molecular formula is C29H28N2O4S2. The highest BCUT2D eigenvalue weighted by Gasteiger charge is 2.33. The summed E-state index contributed by atoms with van der Waals surface area (Å²) in [6, 6.07) is 20.8. The predicted molar refractivity (Wildman–Crippen MR) is 154 cm³/mol. The monoisotopic (exact) mass is 532 g/mol. The number of carbonyl (C=O) groups excluding carboxylic acids is 2. The number of thiocarbonyl (C=S) groups is 1. The lowest BCUT2D eigenvalue weighted by Gasteiger charge is -2.15. The first-order valence-corrected chi connectivity index (χ1v) is 13.2. The summed E-state index contributed by atoms with van der Waals surface area (Å²) in [4.78, 5) is 27.6. The van der Waals surface area contributed by atoms with Crippen LogP contribution in [0.2, 0.25) is 0 Å². The van der Waals surface area contributed by atoms with Crippen LogP contribution in [0.4, 0.5) is 11.4 Å². The van der Waals surface area contributed by atoms with Gasteiger partial charge >= 0.3 is 0 Å². The van der Waals surface area contributed by atoms with Crippen LogP contribution in [0, 0.1) is 6.92 Å². The van der Waals surface area contributed by atoms with Gasteiger partial charge in [0.15, 0.2) is 22.4 Å². The number of ether oxygens (including phenoxy) is 2. The highest BCUT2D eigenvalue weighted by atomic mass is 32.2. The van der Waals surface area contributed by atoms with Gasteiger partial charge in [0.1, 0.15) is 0 Å². The van der Waals surface area contributed by atoms with Gasteiger partial charge in [-0.2, -0.15) is 0 Å². The zero-order chi connectivity index (χ0) is 26.4. The molecule has 1 aliphatic heterocycles. The van der Waals surface area contributed by atoms with Crippen molar-refractivity contribution in [2.75, 3.05) is 23.4 Å². The zero-order valence-corrected chi connectivity index (χ0v) is 22.6. The number of anilines is 2. The molecule has 3 aromatic rings. The lowest BCUT2D eigenvalue weighted by molar-refractivity contribution is -0.118. The maximum absolute atomic E-state index is 13.2. The van der Waals surface area contributed by atoms with Crippen molar-refractivity contribution in [2.24, 2.45) is 0 Å². The number of hydrogen-bond acceptors (Lipinski definition) is 6. The van der Waals surface area contributed by atoms with Gasteiger partial charge in [0, 0.05) is 5.69 Å². The van der Waals surface area contributed by atoms with Crippen LogP contribution in [0.1, 0.15) is 30.5 Å². The maximum atomic E-state index is 13.2. The Balaban J connectivity index is 1.47. The van der Waals surface area contributed by atoms with E-state index in [1.807, 2.05) is 68.4 Å². The quantitative estimate of drug-likeness (QED) is 0.255. The van der Waals surface area contributed by atoms with Crippen molar-refractivity contribution in [3.05, 3.63) is 88.3 Å². The Kier molecular flexibility index (Phi) is 8.63. The van der Waals surface area contributed by atoms with Gasteiger partial charge in [-0.25, -0.2) is 0 Å². The van der Waals surface area contributed by atoms with Gasteiger partial charge in [-0.15, -0.1) is 0 Å². The van der Waals surface area contributed by atoms with E-state index in [-0.39, 0.29) is 18.4 Å². The van der Waals surface area contributed by atoms with Gasteiger partial charge in [0.2, 0.25) is 0 Å². The summed E-state index contributed by atoms with van der Waals surface area (Å²) in [6.07, 6.45) is 2.72. The normalized spacial score (nSPS) is 14.2. The van der Waals surface area contributed by atoms with Crippen molar-refractivity contribution < 1.29 is 19.1 Å². The minimum absolute atomic E-state index is 0.162. The summed E-state index contributed by atoms with van der Waals surface area (Å²) < 4.78 is 12.0. The molecule has 3 aromatic carbocycles. The van der Waals surface area contributed by atoms with Crippen molar-refractivity contribution in [2.45, 2.75) is 27.2 Å². The zero-order valence-electron chi connectivity index (χ0n) is 20.9. The second-order valence-electron chi connectivity index (χ2n) is 8.38. The Bertz CT molecular complexity index is 1350. The highest BCUT2D eigenvalue weighted by Crippen LogP contribution is 2.37. The summed E-state index contributed by atoms with van der Waals surface area (Å²) in [7, 11) is 0. The van der Waals surface area contributed by atoms with E-state index in [9.17, 15) is 9.59 Å². The first kappa shape index (κ1) is 26.4. The van der Waals surface area contributed by atoms with E-state index in [1.54, 1.807) is 23.1 Å². The summed E-state index contributed by atoms with van der Waals surface area (Å²) >= 11 is 6.76. The Labute approximate surface area is 226 Å². The molecule has 4 rings (SSSR count). The van der Waals surface area contributed by atoms with Gasteiger partial charge in [0.25, 0.3) is 11.8 Å². The number of aryl methyl sites for hydroxylation is 2. The van der Waals surface area contributed by atoms with E-state index in [1.165, 1.54) is 17.3 Å². The second kappa shape index (κ2) is 12.1. The second-order valence-corrected chi connectivity index (χ2v) is 10.1. The van der Waals surface area contributed by atoms with Crippen molar-refractivity contribution >= 4 is 57.6 Å². The average Bonchev–Trinajstić information content (AvgIpc) is 3.16. The van der Waals surface area contributed by atoms with Crippen molar-refractivity contribution in [3.8, 4) is 11.5 Å². The standard InChI is InChI=1S/C29H28N2O4S2/c1-4-20-9-12-23(13-10-20)31-28(33)26(37-29(31)36)17-21-11-14-24(25(16-21)34-5-2)35-18-27(32)30-22-8-6-7-19(3)15-22/h6-17H,4-5,18H2,1-3H3,(H,30,32)/b26-17-. The van der Waals surface area contributed by atoms with Crippen LogP contribution in [0.3, 0.4) is 0 Å². The van der Waals surface area contributed by atoms with Crippen LogP contribution >= 0.6 is 24.0 Å². The molecule has 1 saturated heterocycles. The van der Waals surface area contributed by atoms with Gasteiger partial charge < -0.3 is 14.8 Å². The van der Waals surface area contributed by atoms with Gasteiger partial charge in [0.05, 0.1) is 17.2 Å². The number of carbonyl (C=O) groups is 2. The minimum Gasteiger partial charge on any atom is -0.490 e. The maximum Gasteiger partial charge on any atom is 0.270 e. The Hall–Kier alpha value is -3.62. The summed E-state index contributed by atoms with van der Waals surface area (Å²) in [5.74, 6) is 0.505. The third kappa shape index (κ3) is 6.58. The van der Waals surface area contributed by atoms with Crippen LogP contribution in [0.5, 0.6) is 11.5 Å². The molecule has 6 nitrogen and oxygen atoms in total. The molecule has 0 spiro atoms. The fourth-order valence-corrected chi connectivity index (χ4v) is 5.09. The van der Waals surface area contributed by atoms with E-state index in [0.29, 0.717) is 33.0 Å². The van der Waals surface area contributed by atoms with Crippen LogP contribution in [0.15, 0.2) is 71.6 Å². The number of hydrogen-bond donors (Lipinski definition) is 1. The van der Waals surface area contributed by atoms with Crippen LogP contribution in [0.25, 0.3) is 6.08 Å². The Morgan fingerprint density at radius 3 is 2.51 bits per heavy atom. The fraction of sp³-hybridized carbons (Fsp3) is 0.207. The molecule has 0 aromatic heterocycles. The molecule has 1 N–H and O–H groups in total. The number of benzene rings is 3. The number of amides is 2. The highest BCUT2D eigenvalue weighted by molar-refractivity contribution is 8.27. The molecule has 1 fully saturated rings. The molecule has 0 bridgehead atoms. The van der Waals surface area contributed by atoms with E-state index < -0.39 is 0 Å². The molecule has 37 heavy (non-hydrogen) atoms. The molecule has 2 amide bonds. The Morgan fingerprint density at radius 1 is 1.03 bits per heavy atom. The van der Waals surface area contributed by atoms with Crippen molar-refractivity contribution in [1.29, 1.82) is 0 Å². The number of nitrogens with zero attached hydrogens (tertiary/aromatic N) is 1. The third-order valence-corrected chi connectivity index (χ3v) is 6.92. The SMILES string of the molecule is CCOc1cc(/C=C2\SC(=S)N(c3ccc(CC)cc3)C2=O)ccc1OCC(=O)Nc1cccc(C)c1. The molecule has 0 saturated carbocycles. The van der Waals surface area contributed by atoms with Crippen LogP contribution in [-0.4, -0.2) is 29.3 Å². The van der Waals surface area contributed by atoms with Crippen molar-refractivity contribution in [1.82, 2.24) is 0 Å². The number of thioether (sulfide) groups is 1. The molecule has 0 atom stereocenters.